The Balaban J connectivity index is 2.88. The standard InChI is InChI=1S/C12H19NO/c1-4-13(5-2)10(3)11-8-6-7-9-12(11)14/h6-10,14H,4-5H2,1-3H3. The van der Waals surface area contributed by atoms with Crippen LogP contribution in [-0.4, -0.2) is 23.1 Å². The number of phenols is 1. The minimum Gasteiger partial charge on any atom is -0.508 e. The maximum Gasteiger partial charge on any atom is 0.120 e. The van der Waals surface area contributed by atoms with Crippen LogP contribution in [0.4, 0.5) is 0 Å². The molecule has 0 aliphatic rings. The van der Waals surface area contributed by atoms with Crippen LogP contribution in [0.3, 0.4) is 0 Å². The summed E-state index contributed by atoms with van der Waals surface area (Å²) in [6.07, 6.45) is 0. The predicted octanol–water partition coefficient (Wildman–Crippen LogP) is 2.80. The first-order valence-corrected chi connectivity index (χ1v) is 5.22. The molecule has 14 heavy (non-hydrogen) atoms. The largest absolute Gasteiger partial charge is 0.508 e. The number of rotatable bonds is 4. The molecule has 1 aromatic carbocycles. The molecular weight excluding hydrogens is 174 g/mol. The maximum atomic E-state index is 9.69. The van der Waals surface area contributed by atoms with Gasteiger partial charge in [0, 0.05) is 11.6 Å². The van der Waals surface area contributed by atoms with Gasteiger partial charge in [-0.25, -0.2) is 0 Å². The molecule has 0 aliphatic carbocycles. The first-order valence-electron chi connectivity index (χ1n) is 5.22. The molecule has 78 valence electrons. The van der Waals surface area contributed by atoms with E-state index in [1.807, 2.05) is 18.2 Å². The molecule has 0 aromatic heterocycles. The highest BCUT2D eigenvalue weighted by molar-refractivity contribution is 5.34. The van der Waals surface area contributed by atoms with Crippen LogP contribution in [0.15, 0.2) is 24.3 Å². The number of phenolic OH excluding ortho intramolecular Hbond substituents is 1. The monoisotopic (exact) mass is 193 g/mol. The van der Waals surface area contributed by atoms with E-state index < -0.39 is 0 Å². The third-order valence-corrected chi connectivity index (χ3v) is 2.75. The van der Waals surface area contributed by atoms with Crippen molar-refractivity contribution in [2.75, 3.05) is 13.1 Å². The molecular formula is C12H19NO. The third kappa shape index (κ3) is 2.26. The van der Waals surface area contributed by atoms with Crippen LogP contribution < -0.4 is 0 Å². The number of hydrogen-bond donors (Lipinski definition) is 1. The normalized spacial score (nSPS) is 13.1. The molecule has 0 bridgehead atoms. The summed E-state index contributed by atoms with van der Waals surface area (Å²) < 4.78 is 0. The first-order chi connectivity index (χ1) is 6.70. The van der Waals surface area contributed by atoms with Crippen molar-refractivity contribution in [1.82, 2.24) is 4.90 Å². The van der Waals surface area contributed by atoms with Gasteiger partial charge in [-0.2, -0.15) is 0 Å². The Labute approximate surface area is 86.2 Å². The molecule has 2 nitrogen and oxygen atoms in total. The fourth-order valence-corrected chi connectivity index (χ4v) is 1.81. The summed E-state index contributed by atoms with van der Waals surface area (Å²) in [5.41, 5.74) is 1.01. The van der Waals surface area contributed by atoms with Crippen LogP contribution in [0.1, 0.15) is 32.4 Å². The second-order valence-electron chi connectivity index (χ2n) is 3.46. The van der Waals surface area contributed by atoms with E-state index in [-0.39, 0.29) is 6.04 Å². The SMILES string of the molecule is CCN(CC)C(C)c1ccccc1O. The second kappa shape index (κ2) is 5.01. The fraction of sp³-hybridized carbons (Fsp3) is 0.500. The van der Waals surface area contributed by atoms with Gasteiger partial charge < -0.3 is 5.11 Å². The van der Waals surface area contributed by atoms with Crippen molar-refractivity contribution < 1.29 is 5.11 Å². The van der Waals surface area contributed by atoms with Gasteiger partial charge in [0.2, 0.25) is 0 Å². The second-order valence-corrected chi connectivity index (χ2v) is 3.46. The third-order valence-electron chi connectivity index (χ3n) is 2.75. The Hall–Kier alpha value is -1.02. The molecule has 1 rings (SSSR count). The molecule has 1 N–H and O–H groups in total. The summed E-state index contributed by atoms with van der Waals surface area (Å²) in [4.78, 5) is 2.31. The Kier molecular flexibility index (Phi) is 3.96. The van der Waals surface area contributed by atoms with Gasteiger partial charge in [-0.05, 0) is 26.1 Å². The fourth-order valence-electron chi connectivity index (χ4n) is 1.81. The van der Waals surface area contributed by atoms with E-state index in [9.17, 15) is 5.11 Å². The maximum absolute atomic E-state index is 9.69. The summed E-state index contributed by atoms with van der Waals surface area (Å²) in [7, 11) is 0. The van der Waals surface area contributed by atoms with Crippen LogP contribution in [0, 0.1) is 0 Å². The molecule has 0 aliphatic heterocycles. The average molecular weight is 193 g/mol. The lowest BCUT2D eigenvalue weighted by Crippen LogP contribution is -2.26. The number of nitrogens with zero attached hydrogens (tertiary/aromatic N) is 1. The molecule has 1 aromatic rings. The molecule has 1 atom stereocenters. The smallest absolute Gasteiger partial charge is 0.120 e. The van der Waals surface area contributed by atoms with Crippen molar-refractivity contribution in [3.63, 3.8) is 0 Å². The highest BCUT2D eigenvalue weighted by Gasteiger charge is 2.14. The zero-order valence-electron chi connectivity index (χ0n) is 9.20. The van der Waals surface area contributed by atoms with Gasteiger partial charge in [0.05, 0.1) is 0 Å². The van der Waals surface area contributed by atoms with Crippen LogP contribution in [0.25, 0.3) is 0 Å². The zero-order chi connectivity index (χ0) is 10.6. The molecule has 0 saturated heterocycles. The van der Waals surface area contributed by atoms with Crippen LogP contribution >= 0.6 is 0 Å². The number of benzene rings is 1. The van der Waals surface area contributed by atoms with Gasteiger partial charge in [0.15, 0.2) is 0 Å². The summed E-state index contributed by atoms with van der Waals surface area (Å²) in [5, 5.41) is 9.69. The van der Waals surface area contributed by atoms with E-state index in [1.165, 1.54) is 0 Å². The van der Waals surface area contributed by atoms with E-state index >= 15 is 0 Å². The molecule has 2 heteroatoms. The van der Waals surface area contributed by atoms with Crippen molar-refractivity contribution in [3.05, 3.63) is 29.8 Å². The van der Waals surface area contributed by atoms with Gasteiger partial charge in [0.1, 0.15) is 5.75 Å². The summed E-state index contributed by atoms with van der Waals surface area (Å²) in [6, 6.07) is 7.84. The number of aromatic hydroxyl groups is 1. The molecule has 0 radical (unpaired) electrons. The lowest BCUT2D eigenvalue weighted by Gasteiger charge is -2.27. The highest BCUT2D eigenvalue weighted by Crippen LogP contribution is 2.27. The van der Waals surface area contributed by atoms with Crippen molar-refractivity contribution in [2.45, 2.75) is 26.8 Å². The van der Waals surface area contributed by atoms with Crippen molar-refractivity contribution >= 4 is 0 Å². The van der Waals surface area contributed by atoms with E-state index in [0.29, 0.717) is 5.75 Å². The van der Waals surface area contributed by atoms with Gasteiger partial charge in [-0.3, -0.25) is 4.90 Å². The predicted molar refractivity (Wildman–Crippen MR) is 59.4 cm³/mol. The molecule has 0 fully saturated rings. The van der Waals surface area contributed by atoms with E-state index in [0.717, 1.165) is 18.7 Å². The summed E-state index contributed by atoms with van der Waals surface area (Å²) in [6.45, 7) is 8.42. The Morgan fingerprint density at radius 2 is 1.79 bits per heavy atom. The summed E-state index contributed by atoms with van der Waals surface area (Å²) in [5.74, 6) is 0.395. The van der Waals surface area contributed by atoms with Crippen molar-refractivity contribution in [1.29, 1.82) is 0 Å². The minimum atomic E-state index is 0.284. The average Bonchev–Trinajstić information content (AvgIpc) is 2.20. The Morgan fingerprint density at radius 1 is 1.21 bits per heavy atom. The van der Waals surface area contributed by atoms with Crippen LogP contribution in [-0.2, 0) is 0 Å². The number of para-hydroxylation sites is 1. The van der Waals surface area contributed by atoms with E-state index in [4.69, 9.17) is 0 Å². The van der Waals surface area contributed by atoms with Gasteiger partial charge in [-0.15, -0.1) is 0 Å². The highest BCUT2D eigenvalue weighted by atomic mass is 16.3. The van der Waals surface area contributed by atoms with Gasteiger partial charge in [-0.1, -0.05) is 32.0 Å². The first kappa shape index (κ1) is 11.1. The van der Waals surface area contributed by atoms with Crippen LogP contribution in [0.5, 0.6) is 5.75 Å². The molecule has 0 amide bonds. The topological polar surface area (TPSA) is 23.5 Å². The van der Waals surface area contributed by atoms with E-state index in [2.05, 4.69) is 25.7 Å². The molecule has 1 unspecified atom stereocenters. The van der Waals surface area contributed by atoms with Crippen molar-refractivity contribution in [2.24, 2.45) is 0 Å². The molecule has 0 heterocycles. The van der Waals surface area contributed by atoms with Crippen LogP contribution in [0.2, 0.25) is 0 Å². The Morgan fingerprint density at radius 3 is 2.29 bits per heavy atom. The van der Waals surface area contributed by atoms with Gasteiger partial charge >= 0.3 is 0 Å². The van der Waals surface area contributed by atoms with Gasteiger partial charge in [0.25, 0.3) is 0 Å². The van der Waals surface area contributed by atoms with Crippen molar-refractivity contribution in [3.8, 4) is 5.75 Å². The number of hydrogen-bond acceptors (Lipinski definition) is 2. The molecule has 0 saturated carbocycles. The summed E-state index contributed by atoms with van der Waals surface area (Å²) >= 11 is 0. The Bertz CT molecular complexity index is 281. The lowest BCUT2D eigenvalue weighted by atomic mass is 10.1. The van der Waals surface area contributed by atoms with E-state index in [1.54, 1.807) is 6.07 Å². The quantitative estimate of drug-likeness (QED) is 0.794. The zero-order valence-corrected chi connectivity index (χ0v) is 9.20. The molecule has 0 spiro atoms. The lowest BCUT2D eigenvalue weighted by molar-refractivity contribution is 0.230. The minimum absolute atomic E-state index is 0.284.